The third-order valence-electron chi connectivity index (χ3n) is 2.78. The number of furan rings is 1. The number of ether oxygens (including phenoxy) is 1. The number of hydrogen-bond acceptors (Lipinski definition) is 5. The van der Waals surface area contributed by atoms with Gasteiger partial charge in [0.2, 0.25) is 0 Å². The van der Waals surface area contributed by atoms with Crippen LogP contribution in [0.1, 0.15) is 23.2 Å². The lowest BCUT2D eigenvalue weighted by molar-refractivity contribution is -0.129. The van der Waals surface area contributed by atoms with Crippen LogP contribution in [-0.4, -0.2) is 23.0 Å². The van der Waals surface area contributed by atoms with E-state index >= 15 is 0 Å². The maximum Gasteiger partial charge on any atom is 0.359 e. The number of hydrogen-bond donors (Lipinski definition) is 1. The van der Waals surface area contributed by atoms with Crippen molar-refractivity contribution >= 4 is 46.7 Å². The third kappa shape index (κ3) is 4.37. The van der Waals surface area contributed by atoms with Gasteiger partial charge in [0.25, 0.3) is 5.91 Å². The summed E-state index contributed by atoms with van der Waals surface area (Å²) in [6.45, 7) is 1.60. The van der Waals surface area contributed by atoms with Gasteiger partial charge in [-0.25, -0.2) is 9.78 Å². The summed E-state index contributed by atoms with van der Waals surface area (Å²) in [6.07, 6.45) is 1.61. The first-order valence-corrected chi connectivity index (χ1v) is 7.54. The lowest BCUT2D eigenvalue weighted by Gasteiger charge is -2.13. The second kappa shape index (κ2) is 7.68. The average molecular weight is 378 g/mol. The van der Waals surface area contributed by atoms with Crippen LogP contribution >= 0.6 is 34.8 Å². The maximum atomic E-state index is 12.0. The van der Waals surface area contributed by atoms with Crippen molar-refractivity contribution in [3.63, 3.8) is 0 Å². The Kier molecular flexibility index (Phi) is 5.87. The normalized spacial score (nSPS) is 11.8. The van der Waals surface area contributed by atoms with Crippen molar-refractivity contribution in [3.05, 3.63) is 51.1 Å². The zero-order valence-corrected chi connectivity index (χ0v) is 14.1. The van der Waals surface area contributed by atoms with Crippen LogP contribution in [0.2, 0.25) is 15.1 Å². The molecule has 122 valence electrons. The fourth-order valence-corrected chi connectivity index (χ4v) is 2.14. The Morgan fingerprint density at radius 2 is 2.09 bits per heavy atom. The first kappa shape index (κ1) is 17.6. The lowest BCUT2D eigenvalue weighted by Crippen LogP contribution is -2.35. The lowest BCUT2D eigenvalue weighted by atomic mass is 10.3. The summed E-state index contributed by atoms with van der Waals surface area (Å²) >= 11 is 17.5. The van der Waals surface area contributed by atoms with Crippen molar-refractivity contribution in [2.75, 3.05) is 0 Å². The topological polar surface area (TPSA) is 81.4 Å². The molecule has 0 radical (unpaired) electrons. The molecule has 0 aliphatic carbocycles. The minimum absolute atomic E-state index is 0.00907. The summed E-state index contributed by atoms with van der Waals surface area (Å²) in [5, 5.41) is 2.53. The number of rotatable bonds is 5. The molecule has 0 bridgehead atoms. The van der Waals surface area contributed by atoms with E-state index in [-0.39, 0.29) is 27.3 Å². The van der Waals surface area contributed by atoms with Crippen molar-refractivity contribution in [3.8, 4) is 0 Å². The third-order valence-corrected chi connectivity index (χ3v) is 4.02. The molecule has 0 aliphatic heterocycles. The molecule has 0 unspecified atom stereocenters. The van der Waals surface area contributed by atoms with Crippen molar-refractivity contribution in [1.82, 2.24) is 10.3 Å². The molecule has 0 saturated carbocycles. The average Bonchev–Trinajstić information content (AvgIpc) is 3.03. The van der Waals surface area contributed by atoms with E-state index in [4.69, 9.17) is 44.0 Å². The summed E-state index contributed by atoms with van der Waals surface area (Å²) in [7, 11) is 0. The van der Waals surface area contributed by atoms with Crippen LogP contribution in [0.3, 0.4) is 0 Å². The van der Waals surface area contributed by atoms with Gasteiger partial charge in [-0.05, 0) is 19.1 Å². The molecule has 0 spiro atoms. The second-order valence-corrected chi connectivity index (χ2v) is 5.59. The Hall–Kier alpha value is -1.76. The van der Waals surface area contributed by atoms with Gasteiger partial charge in [-0.2, -0.15) is 0 Å². The largest absolute Gasteiger partial charge is 0.467 e. The monoisotopic (exact) mass is 376 g/mol. The standard InChI is InChI=1S/C14H11Cl3N2O4/c1-7(13(20)19-5-8-3-2-4-22-8)23-14(21)12-11(17)10(16)9(15)6-18-12/h2-4,6-7H,5H2,1H3,(H,19,20)/t7-/m1/s1. The number of nitrogens with one attached hydrogen (secondary N) is 1. The van der Waals surface area contributed by atoms with E-state index < -0.39 is 18.0 Å². The summed E-state index contributed by atoms with van der Waals surface area (Å²) in [4.78, 5) is 27.7. The highest BCUT2D eigenvalue weighted by Gasteiger charge is 2.23. The van der Waals surface area contributed by atoms with Gasteiger partial charge in [-0.15, -0.1) is 0 Å². The van der Waals surface area contributed by atoms with Gasteiger partial charge >= 0.3 is 5.97 Å². The van der Waals surface area contributed by atoms with Crippen molar-refractivity contribution in [1.29, 1.82) is 0 Å². The number of pyridine rings is 1. The van der Waals surface area contributed by atoms with Gasteiger partial charge in [0, 0.05) is 6.20 Å². The molecule has 2 rings (SSSR count). The van der Waals surface area contributed by atoms with Gasteiger partial charge in [-0.1, -0.05) is 34.8 Å². The number of halogens is 3. The highest BCUT2D eigenvalue weighted by molar-refractivity contribution is 6.48. The minimum atomic E-state index is -1.05. The Labute approximate surface area is 146 Å². The second-order valence-electron chi connectivity index (χ2n) is 4.43. The van der Waals surface area contributed by atoms with E-state index in [2.05, 4.69) is 10.3 Å². The number of nitrogens with zero attached hydrogens (tertiary/aromatic N) is 1. The van der Waals surface area contributed by atoms with Crippen molar-refractivity contribution in [2.24, 2.45) is 0 Å². The fraction of sp³-hybridized carbons (Fsp3) is 0.214. The predicted molar refractivity (Wildman–Crippen MR) is 84.7 cm³/mol. The molecule has 2 aromatic rings. The van der Waals surface area contributed by atoms with Gasteiger partial charge in [-0.3, -0.25) is 4.79 Å². The van der Waals surface area contributed by atoms with Crippen molar-refractivity contribution < 1.29 is 18.7 Å². The number of carbonyl (C=O) groups excluding carboxylic acids is 2. The van der Waals surface area contributed by atoms with Gasteiger partial charge in [0.05, 0.1) is 27.9 Å². The molecule has 0 fully saturated rings. The summed E-state index contributed by atoms with van der Waals surface area (Å²) in [5.41, 5.74) is -0.216. The SMILES string of the molecule is C[C@@H](OC(=O)c1ncc(Cl)c(Cl)c1Cl)C(=O)NCc1ccco1. The predicted octanol–water partition coefficient (Wildman–Crippen LogP) is 3.50. The van der Waals surface area contributed by atoms with E-state index in [0.29, 0.717) is 5.76 Å². The Bertz CT molecular complexity index is 719. The van der Waals surface area contributed by atoms with Crippen LogP contribution in [0.4, 0.5) is 0 Å². The van der Waals surface area contributed by atoms with Crippen LogP contribution in [0, 0.1) is 0 Å². The van der Waals surface area contributed by atoms with E-state index in [9.17, 15) is 9.59 Å². The smallest absolute Gasteiger partial charge is 0.359 e. The molecule has 6 nitrogen and oxygen atoms in total. The molecule has 1 N–H and O–H groups in total. The number of aromatic nitrogens is 1. The molecule has 0 aliphatic rings. The Morgan fingerprint density at radius 1 is 1.35 bits per heavy atom. The highest BCUT2D eigenvalue weighted by atomic mass is 35.5. The first-order valence-electron chi connectivity index (χ1n) is 6.40. The molecule has 1 atom stereocenters. The minimum Gasteiger partial charge on any atom is -0.467 e. The molecule has 9 heteroatoms. The number of amides is 1. The highest BCUT2D eigenvalue weighted by Crippen LogP contribution is 2.31. The van der Waals surface area contributed by atoms with E-state index in [1.165, 1.54) is 19.4 Å². The number of esters is 1. The number of carbonyl (C=O) groups is 2. The zero-order valence-electron chi connectivity index (χ0n) is 11.8. The summed E-state index contributed by atoms with van der Waals surface area (Å²) < 4.78 is 10.1. The van der Waals surface area contributed by atoms with Gasteiger partial charge < -0.3 is 14.5 Å². The van der Waals surface area contributed by atoms with Crippen LogP contribution in [-0.2, 0) is 16.1 Å². The van der Waals surface area contributed by atoms with E-state index in [0.717, 1.165) is 0 Å². The molecule has 2 aromatic heterocycles. The summed E-state index contributed by atoms with van der Waals surface area (Å²) in [6, 6.07) is 3.40. The Morgan fingerprint density at radius 3 is 2.74 bits per heavy atom. The van der Waals surface area contributed by atoms with Crippen LogP contribution in [0.15, 0.2) is 29.0 Å². The molecular weight excluding hydrogens is 367 g/mol. The first-order chi connectivity index (χ1) is 10.9. The summed E-state index contributed by atoms with van der Waals surface area (Å²) in [5.74, 6) is -0.800. The van der Waals surface area contributed by atoms with E-state index in [1.807, 2.05) is 0 Å². The van der Waals surface area contributed by atoms with Crippen molar-refractivity contribution in [2.45, 2.75) is 19.6 Å². The molecule has 2 heterocycles. The van der Waals surface area contributed by atoms with Crippen LogP contribution in [0.5, 0.6) is 0 Å². The molecule has 1 amide bonds. The molecule has 23 heavy (non-hydrogen) atoms. The fourth-order valence-electron chi connectivity index (χ4n) is 1.59. The van der Waals surface area contributed by atoms with Gasteiger partial charge in [0.1, 0.15) is 5.76 Å². The van der Waals surface area contributed by atoms with Crippen LogP contribution in [0.25, 0.3) is 0 Å². The zero-order chi connectivity index (χ0) is 17.0. The van der Waals surface area contributed by atoms with Gasteiger partial charge in [0.15, 0.2) is 11.8 Å². The molecule has 0 aromatic carbocycles. The Balaban J connectivity index is 1.96. The quantitative estimate of drug-likeness (QED) is 0.807. The molecular formula is C14H11Cl3N2O4. The van der Waals surface area contributed by atoms with E-state index in [1.54, 1.807) is 12.1 Å². The molecule has 0 saturated heterocycles. The maximum absolute atomic E-state index is 12.0. The van der Waals surface area contributed by atoms with Crippen LogP contribution < -0.4 is 5.32 Å².